The third-order valence-electron chi connectivity index (χ3n) is 3.32. The first-order valence-electron chi connectivity index (χ1n) is 5.95. The van der Waals surface area contributed by atoms with Crippen LogP contribution < -0.4 is 9.84 Å². The molecule has 0 aliphatic carbocycles. The van der Waals surface area contributed by atoms with E-state index in [1.807, 2.05) is 29.8 Å². The number of hydrogen-bond acceptors (Lipinski definition) is 6. The van der Waals surface area contributed by atoms with Crippen LogP contribution in [0.25, 0.3) is 10.8 Å². The molecule has 0 atom stereocenters. The van der Waals surface area contributed by atoms with Gasteiger partial charge in [0.25, 0.3) is 0 Å². The van der Waals surface area contributed by atoms with Gasteiger partial charge in [-0.15, -0.1) is 0 Å². The van der Waals surface area contributed by atoms with Gasteiger partial charge in [0.1, 0.15) is 0 Å². The summed E-state index contributed by atoms with van der Waals surface area (Å²) in [5.41, 5.74) is 1.51. The summed E-state index contributed by atoms with van der Waals surface area (Å²) in [6.45, 7) is 0. The molecule has 0 spiro atoms. The lowest BCUT2D eigenvalue weighted by atomic mass is 9.96. The fourth-order valence-electron chi connectivity index (χ4n) is 2.47. The van der Waals surface area contributed by atoms with Crippen molar-refractivity contribution in [2.45, 2.75) is 0 Å². The minimum Gasteiger partial charge on any atom is -0.386 e. The fourth-order valence-corrected chi connectivity index (χ4v) is 2.99. The van der Waals surface area contributed by atoms with Gasteiger partial charge in [0, 0.05) is 17.0 Å². The molecule has 2 aromatic rings. The average Bonchev–Trinajstić information content (AvgIpc) is 2.98. The van der Waals surface area contributed by atoms with Crippen molar-refractivity contribution in [3.8, 4) is 0 Å². The minimum absolute atomic E-state index is 0.414. The van der Waals surface area contributed by atoms with Crippen molar-refractivity contribution in [1.82, 2.24) is 4.83 Å². The molecule has 5 nitrogen and oxygen atoms in total. The highest BCUT2D eigenvalue weighted by atomic mass is 32.2. The van der Waals surface area contributed by atoms with Gasteiger partial charge in [-0.3, -0.25) is 5.01 Å². The predicted octanol–water partition coefficient (Wildman–Crippen LogP) is 2.59. The van der Waals surface area contributed by atoms with Crippen LogP contribution in [0.2, 0.25) is 0 Å². The van der Waals surface area contributed by atoms with Gasteiger partial charge in [0.15, 0.2) is 0 Å². The molecule has 2 heterocycles. The third kappa shape index (κ3) is 1.49. The highest BCUT2D eigenvalue weighted by Gasteiger charge is 2.31. The van der Waals surface area contributed by atoms with E-state index in [1.54, 1.807) is 17.1 Å². The highest BCUT2D eigenvalue weighted by Crippen LogP contribution is 2.36. The van der Waals surface area contributed by atoms with Gasteiger partial charge in [-0.2, -0.15) is 4.83 Å². The van der Waals surface area contributed by atoms with E-state index >= 15 is 0 Å². The summed E-state index contributed by atoms with van der Waals surface area (Å²) in [7, 11) is 0. The molecular formula is C14H8N2O3S. The first kappa shape index (κ1) is 11.5. The number of rotatable bonds is 1. The zero-order chi connectivity index (χ0) is 13.7. The number of benzene rings is 2. The quantitative estimate of drug-likeness (QED) is 0.493. The van der Waals surface area contributed by atoms with Crippen molar-refractivity contribution in [3.63, 3.8) is 0 Å². The number of hydrogen-bond donors (Lipinski definition) is 1. The van der Waals surface area contributed by atoms with Crippen LogP contribution in [0.4, 0.5) is 5.69 Å². The van der Waals surface area contributed by atoms with E-state index in [9.17, 15) is 9.59 Å². The van der Waals surface area contributed by atoms with E-state index < -0.39 is 11.9 Å². The number of cyclic esters (lactones) is 2. The second-order valence-corrected chi connectivity index (χ2v) is 5.10. The summed E-state index contributed by atoms with van der Waals surface area (Å²) in [6, 6.07) is 9.05. The van der Waals surface area contributed by atoms with Crippen molar-refractivity contribution in [2.75, 3.05) is 5.01 Å². The second kappa shape index (κ2) is 4.09. The molecule has 0 amide bonds. The van der Waals surface area contributed by atoms with Crippen LogP contribution in [0, 0.1) is 0 Å². The van der Waals surface area contributed by atoms with Gasteiger partial charge in [0.2, 0.25) is 0 Å². The number of carbonyl (C=O) groups is 2. The summed E-state index contributed by atoms with van der Waals surface area (Å²) in [5.74, 6) is -1.20. The Balaban J connectivity index is 2.09. The van der Waals surface area contributed by atoms with E-state index in [1.165, 1.54) is 11.9 Å². The zero-order valence-electron chi connectivity index (χ0n) is 10.1. The predicted molar refractivity (Wildman–Crippen MR) is 76.0 cm³/mol. The van der Waals surface area contributed by atoms with Gasteiger partial charge < -0.3 is 4.74 Å². The number of hydrazine groups is 1. The van der Waals surface area contributed by atoms with Gasteiger partial charge >= 0.3 is 11.9 Å². The summed E-state index contributed by atoms with van der Waals surface area (Å²) >= 11 is 1.40. The number of ether oxygens (including phenoxy) is 1. The molecule has 2 aliphatic rings. The molecule has 0 fully saturated rings. The van der Waals surface area contributed by atoms with Crippen LogP contribution in [0.3, 0.4) is 0 Å². The van der Waals surface area contributed by atoms with E-state index in [0.29, 0.717) is 22.2 Å². The number of nitrogens with zero attached hydrogens (tertiary/aromatic N) is 1. The molecule has 2 aromatic carbocycles. The van der Waals surface area contributed by atoms with Gasteiger partial charge in [-0.1, -0.05) is 18.2 Å². The SMILES string of the molecule is O=C1OC(=O)c2c(N3C=CSN3)ccc3cccc1c23. The van der Waals surface area contributed by atoms with Crippen LogP contribution in [-0.2, 0) is 4.74 Å². The van der Waals surface area contributed by atoms with Crippen molar-refractivity contribution in [3.05, 3.63) is 53.1 Å². The zero-order valence-corrected chi connectivity index (χ0v) is 10.9. The Hall–Kier alpha value is -2.31. The van der Waals surface area contributed by atoms with Gasteiger partial charge in [0.05, 0.1) is 16.8 Å². The van der Waals surface area contributed by atoms with Crippen molar-refractivity contribution >= 4 is 40.3 Å². The van der Waals surface area contributed by atoms with Crippen molar-refractivity contribution in [2.24, 2.45) is 0 Å². The van der Waals surface area contributed by atoms with Crippen LogP contribution >= 0.6 is 11.9 Å². The van der Waals surface area contributed by atoms with E-state index in [2.05, 4.69) is 4.83 Å². The Kier molecular flexibility index (Phi) is 2.35. The molecule has 2 aliphatic heterocycles. The van der Waals surface area contributed by atoms with E-state index in [-0.39, 0.29) is 0 Å². The number of carbonyl (C=O) groups excluding carboxylic acids is 2. The monoisotopic (exact) mass is 284 g/mol. The lowest BCUT2D eigenvalue weighted by Crippen LogP contribution is -2.28. The lowest BCUT2D eigenvalue weighted by molar-refractivity contribution is 0.0392. The van der Waals surface area contributed by atoms with Crippen LogP contribution in [0.15, 0.2) is 41.9 Å². The van der Waals surface area contributed by atoms with Crippen molar-refractivity contribution < 1.29 is 14.3 Å². The second-order valence-electron chi connectivity index (χ2n) is 4.40. The number of nitrogens with one attached hydrogen (secondary N) is 1. The topological polar surface area (TPSA) is 58.6 Å². The van der Waals surface area contributed by atoms with Gasteiger partial charge in [-0.25, -0.2) is 9.59 Å². The maximum atomic E-state index is 12.1. The third-order valence-corrected chi connectivity index (χ3v) is 3.88. The lowest BCUT2D eigenvalue weighted by Gasteiger charge is -2.22. The summed E-state index contributed by atoms with van der Waals surface area (Å²) in [6.07, 6.45) is 1.81. The molecule has 98 valence electrons. The molecule has 4 rings (SSSR count). The van der Waals surface area contributed by atoms with Crippen LogP contribution in [0.1, 0.15) is 20.7 Å². The normalized spacial score (nSPS) is 16.9. The summed E-state index contributed by atoms with van der Waals surface area (Å²) < 4.78 is 4.84. The van der Waals surface area contributed by atoms with Crippen LogP contribution in [0.5, 0.6) is 0 Å². The summed E-state index contributed by atoms with van der Waals surface area (Å²) in [4.78, 5) is 27.0. The first-order valence-corrected chi connectivity index (χ1v) is 6.83. The largest absolute Gasteiger partial charge is 0.386 e. The molecule has 0 unspecified atom stereocenters. The number of anilines is 1. The molecule has 0 aromatic heterocycles. The van der Waals surface area contributed by atoms with Crippen molar-refractivity contribution in [1.29, 1.82) is 0 Å². The Bertz CT molecular complexity index is 800. The summed E-state index contributed by atoms with van der Waals surface area (Å²) in [5, 5.41) is 5.09. The smallest absolute Gasteiger partial charge is 0.348 e. The molecule has 0 saturated heterocycles. The molecule has 20 heavy (non-hydrogen) atoms. The number of esters is 2. The fraction of sp³-hybridized carbons (Fsp3) is 0. The Morgan fingerprint density at radius 2 is 2.00 bits per heavy atom. The molecule has 0 radical (unpaired) electrons. The standard InChI is InChI=1S/C14H8N2O3S/c17-13-9-3-1-2-8-4-5-10(16-6-7-20-15-16)12(11(8)9)14(18)19-13/h1-7,15H. The molecular weight excluding hydrogens is 276 g/mol. The van der Waals surface area contributed by atoms with Gasteiger partial charge in [-0.05, 0) is 29.5 Å². The Morgan fingerprint density at radius 3 is 2.80 bits per heavy atom. The maximum Gasteiger partial charge on any atom is 0.348 e. The first-order chi connectivity index (χ1) is 9.75. The molecule has 0 bridgehead atoms. The maximum absolute atomic E-state index is 12.1. The van der Waals surface area contributed by atoms with Crippen LogP contribution in [-0.4, -0.2) is 11.9 Å². The molecule has 0 saturated carbocycles. The highest BCUT2D eigenvalue weighted by molar-refractivity contribution is 8.00. The molecule has 1 N–H and O–H groups in total. The van der Waals surface area contributed by atoms with E-state index in [0.717, 1.165) is 5.39 Å². The Labute approximate surface area is 118 Å². The minimum atomic E-state index is -0.610. The molecule has 6 heteroatoms. The Morgan fingerprint density at radius 1 is 1.10 bits per heavy atom. The van der Waals surface area contributed by atoms with E-state index in [4.69, 9.17) is 4.74 Å². The average molecular weight is 284 g/mol.